The van der Waals surface area contributed by atoms with Crippen molar-refractivity contribution in [1.82, 2.24) is 19.9 Å². The molecule has 2 aromatic rings. The Bertz CT molecular complexity index is 882. The SMILES string of the molecule is O=C1N([C@H]2CC[C@@H](O)CC2)CC[C@@]12CCCN(c1ncc(-c3cccnc3)cn1)C2. The predicted octanol–water partition coefficient (Wildman–Crippen LogP) is 2.66. The Kier molecular flexibility index (Phi) is 5.15. The molecule has 0 aromatic carbocycles. The largest absolute Gasteiger partial charge is 0.393 e. The minimum Gasteiger partial charge on any atom is -0.393 e. The number of pyridine rings is 1. The fourth-order valence-electron chi connectivity index (χ4n) is 5.41. The van der Waals surface area contributed by atoms with E-state index in [9.17, 15) is 9.90 Å². The summed E-state index contributed by atoms with van der Waals surface area (Å²) in [5, 5.41) is 9.80. The topological polar surface area (TPSA) is 82.5 Å². The number of aromatic nitrogens is 3. The number of carbonyl (C=O) groups is 1. The van der Waals surface area contributed by atoms with Gasteiger partial charge in [-0.1, -0.05) is 6.07 Å². The lowest BCUT2D eigenvalue weighted by atomic mass is 9.78. The molecule has 158 valence electrons. The molecule has 1 atom stereocenters. The van der Waals surface area contributed by atoms with Gasteiger partial charge in [-0.25, -0.2) is 9.97 Å². The van der Waals surface area contributed by atoms with Gasteiger partial charge in [0, 0.05) is 61.6 Å². The molecule has 1 amide bonds. The molecule has 3 fully saturated rings. The molecule has 3 aliphatic rings. The molecule has 7 nitrogen and oxygen atoms in total. The standard InChI is InChI=1S/C23H29N5O2/c29-20-6-4-19(5-7-20)28-12-9-23(21(28)30)8-2-11-27(16-23)22-25-14-18(15-26-22)17-3-1-10-24-13-17/h1,3,10,13-15,19-20,29H,2,4-9,11-12,16H2/t19-,20+,23-/m1/s1. The Labute approximate surface area is 177 Å². The van der Waals surface area contributed by atoms with Crippen LogP contribution in [0.2, 0.25) is 0 Å². The van der Waals surface area contributed by atoms with Gasteiger partial charge in [0.05, 0.1) is 11.5 Å². The Balaban J connectivity index is 1.29. The molecule has 1 spiro atoms. The lowest BCUT2D eigenvalue weighted by molar-refractivity contribution is -0.139. The molecule has 5 rings (SSSR count). The highest BCUT2D eigenvalue weighted by Crippen LogP contribution is 2.43. The number of likely N-dealkylation sites (tertiary alicyclic amines) is 1. The van der Waals surface area contributed by atoms with Gasteiger partial charge in [-0.3, -0.25) is 9.78 Å². The third-order valence-electron chi connectivity index (χ3n) is 7.15. The maximum atomic E-state index is 13.5. The molecule has 0 bridgehead atoms. The van der Waals surface area contributed by atoms with Gasteiger partial charge in [0.25, 0.3) is 0 Å². The molecule has 0 radical (unpaired) electrons. The van der Waals surface area contributed by atoms with Crippen LogP contribution in [0.4, 0.5) is 5.95 Å². The van der Waals surface area contributed by atoms with Crippen molar-refractivity contribution in [1.29, 1.82) is 0 Å². The number of piperidine rings is 1. The molecule has 1 N–H and O–H groups in total. The smallest absolute Gasteiger partial charge is 0.230 e. The average molecular weight is 408 g/mol. The number of amides is 1. The van der Waals surface area contributed by atoms with Crippen LogP contribution in [0.1, 0.15) is 44.9 Å². The van der Waals surface area contributed by atoms with E-state index < -0.39 is 0 Å². The molecule has 2 saturated heterocycles. The first-order valence-electron chi connectivity index (χ1n) is 11.1. The van der Waals surface area contributed by atoms with E-state index in [1.807, 2.05) is 30.7 Å². The predicted molar refractivity (Wildman–Crippen MR) is 114 cm³/mol. The van der Waals surface area contributed by atoms with E-state index in [2.05, 4.69) is 24.8 Å². The zero-order chi connectivity index (χ0) is 20.6. The summed E-state index contributed by atoms with van der Waals surface area (Å²) in [6.45, 7) is 2.43. The maximum absolute atomic E-state index is 13.5. The fourth-order valence-corrected chi connectivity index (χ4v) is 5.41. The van der Waals surface area contributed by atoms with Crippen molar-refractivity contribution >= 4 is 11.9 Å². The van der Waals surface area contributed by atoms with E-state index in [1.165, 1.54) is 0 Å². The molecule has 1 saturated carbocycles. The number of carbonyl (C=O) groups excluding carboxylic acids is 1. The average Bonchev–Trinajstić information content (AvgIpc) is 3.10. The number of aliphatic hydroxyl groups is 1. The first-order valence-corrected chi connectivity index (χ1v) is 11.1. The van der Waals surface area contributed by atoms with Crippen LogP contribution >= 0.6 is 0 Å². The van der Waals surface area contributed by atoms with Crippen LogP contribution in [-0.4, -0.2) is 62.6 Å². The van der Waals surface area contributed by atoms with Crippen molar-refractivity contribution in [2.24, 2.45) is 5.41 Å². The first-order chi connectivity index (χ1) is 14.6. The Morgan fingerprint density at radius 2 is 1.80 bits per heavy atom. The second-order valence-corrected chi connectivity index (χ2v) is 9.03. The van der Waals surface area contributed by atoms with Crippen molar-refractivity contribution in [3.8, 4) is 11.1 Å². The monoisotopic (exact) mass is 407 g/mol. The van der Waals surface area contributed by atoms with Crippen molar-refractivity contribution < 1.29 is 9.90 Å². The number of nitrogens with zero attached hydrogens (tertiary/aromatic N) is 5. The van der Waals surface area contributed by atoms with Crippen molar-refractivity contribution in [3.63, 3.8) is 0 Å². The van der Waals surface area contributed by atoms with Crippen molar-refractivity contribution in [3.05, 3.63) is 36.9 Å². The normalized spacial score (nSPS) is 29.6. The quantitative estimate of drug-likeness (QED) is 0.842. The second-order valence-electron chi connectivity index (χ2n) is 9.03. The van der Waals surface area contributed by atoms with Gasteiger partial charge in [0.2, 0.25) is 11.9 Å². The van der Waals surface area contributed by atoms with Crippen LogP contribution in [0.15, 0.2) is 36.9 Å². The van der Waals surface area contributed by atoms with Crippen LogP contribution in [0.3, 0.4) is 0 Å². The molecule has 0 unspecified atom stereocenters. The van der Waals surface area contributed by atoms with E-state index in [4.69, 9.17) is 0 Å². The molecule has 2 aliphatic heterocycles. The fraction of sp³-hybridized carbons (Fsp3) is 0.565. The molecule has 4 heterocycles. The highest BCUT2D eigenvalue weighted by Gasteiger charge is 2.50. The van der Waals surface area contributed by atoms with Crippen LogP contribution < -0.4 is 4.90 Å². The van der Waals surface area contributed by atoms with Crippen molar-refractivity contribution in [2.45, 2.75) is 57.1 Å². The summed E-state index contributed by atoms with van der Waals surface area (Å²) in [5.74, 6) is 1.01. The molecule has 30 heavy (non-hydrogen) atoms. The van der Waals surface area contributed by atoms with Crippen LogP contribution in [0.5, 0.6) is 0 Å². The lowest BCUT2D eigenvalue weighted by Gasteiger charge is -2.40. The third-order valence-corrected chi connectivity index (χ3v) is 7.15. The van der Waals surface area contributed by atoms with E-state index in [0.717, 1.165) is 69.2 Å². The minimum absolute atomic E-state index is 0.190. The van der Waals surface area contributed by atoms with Gasteiger partial charge in [0.1, 0.15) is 0 Å². The van der Waals surface area contributed by atoms with Crippen molar-refractivity contribution in [2.75, 3.05) is 24.5 Å². The second kappa shape index (κ2) is 7.95. The number of hydrogen-bond acceptors (Lipinski definition) is 6. The number of anilines is 1. The Morgan fingerprint density at radius 3 is 2.53 bits per heavy atom. The summed E-state index contributed by atoms with van der Waals surface area (Å²) in [6, 6.07) is 4.20. The molecule has 1 aliphatic carbocycles. The van der Waals surface area contributed by atoms with Gasteiger partial charge in [-0.05, 0) is 51.0 Å². The first kappa shape index (κ1) is 19.4. The van der Waals surface area contributed by atoms with E-state index in [-0.39, 0.29) is 11.5 Å². The Hall–Kier alpha value is -2.54. The summed E-state index contributed by atoms with van der Waals surface area (Å²) >= 11 is 0. The van der Waals surface area contributed by atoms with Crippen LogP contribution in [0.25, 0.3) is 11.1 Å². The number of hydrogen-bond donors (Lipinski definition) is 1. The molecular formula is C23H29N5O2. The van der Waals surface area contributed by atoms with E-state index in [0.29, 0.717) is 24.4 Å². The highest BCUT2D eigenvalue weighted by atomic mass is 16.3. The van der Waals surface area contributed by atoms with Crippen LogP contribution in [0, 0.1) is 5.41 Å². The number of rotatable bonds is 3. The van der Waals surface area contributed by atoms with Gasteiger partial charge < -0.3 is 14.9 Å². The molecular weight excluding hydrogens is 378 g/mol. The summed E-state index contributed by atoms with van der Waals surface area (Å²) in [6.07, 6.45) is 13.4. The molecule has 2 aromatic heterocycles. The van der Waals surface area contributed by atoms with Gasteiger partial charge >= 0.3 is 0 Å². The van der Waals surface area contributed by atoms with E-state index in [1.54, 1.807) is 6.20 Å². The number of aliphatic hydroxyl groups excluding tert-OH is 1. The summed E-state index contributed by atoms with van der Waals surface area (Å²) in [5.41, 5.74) is 1.64. The minimum atomic E-state index is -0.306. The van der Waals surface area contributed by atoms with E-state index >= 15 is 0 Å². The van der Waals surface area contributed by atoms with Gasteiger partial charge in [-0.15, -0.1) is 0 Å². The lowest BCUT2D eigenvalue weighted by Crippen LogP contribution is -2.50. The zero-order valence-corrected chi connectivity index (χ0v) is 17.3. The maximum Gasteiger partial charge on any atom is 0.230 e. The van der Waals surface area contributed by atoms with Gasteiger partial charge in [0.15, 0.2) is 0 Å². The molecule has 7 heteroatoms. The highest BCUT2D eigenvalue weighted by molar-refractivity contribution is 5.86. The third kappa shape index (κ3) is 3.55. The summed E-state index contributed by atoms with van der Waals surface area (Å²) in [7, 11) is 0. The summed E-state index contributed by atoms with van der Waals surface area (Å²) < 4.78 is 0. The Morgan fingerprint density at radius 1 is 1.00 bits per heavy atom. The van der Waals surface area contributed by atoms with Gasteiger partial charge in [-0.2, -0.15) is 0 Å². The van der Waals surface area contributed by atoms with Crippen LogP contribution in [-0.2, 0) is 4.79 Å². The summed E-state index contributed by atoms with van der Waals surface area (Å²) in [4.78, 5) is 31.1. The zero-order valence-electron chi connectivity index (χ0n) is 17.3.